The van der Waals surface area contributed by atoms with Gasteiger partial charge < -0.3 is 14.3 Å². The molecule has 0 spiro atoms. The van der Waals surface area contributed by atoms with Crippen LogP contribution in [0.1, 0.15) is 59.3 Å². The van der Waals surface area contributed by atoms with Crippen LogP contribution in [0.25, 0.3) is 28.2 Å². The normalized spacial score (nSPS) is 14.7. The zero-order valence-electron chi connectivity index (χ0n) is 27.1. The number of aliphatic imine (C=N–C) groups is 1. The fourth-order valence-corrected chi connectivity index (χ4v) is 7.89. The summed E-state index contributed by atoms with van der Waals surface area (Å²) in [7, 11) is 0. The first kappa shape index (κ1) is 30.7. The van der Waals surface area contributed by atoms with E-state index >= 15 is 0 Å². The minimum absolute atomic E-state index is 0.102. The van der Waals surface area contributed by atoms with E-state index in [0.29, 0.717) is 18.0 Å². The summed E-state index contributed by atoms with van der Waals surface area (Å²) >= 11 is 1.67. The number of nitrogens with zero attached hydrogens (tertiary/aromatic N) is 2. The van der Waals surface area contributed by atoms with Crippen LogP contribution in [-0.4, -0.2) is 16.7 Å². The lowest BCUT2D eigenvalue weighted by Gasteiger charge is -2.33. The molecule has 0 radical (unpaired) electrons. The van der Waals surface area contributed by atoms with E-state index in [-0.39, 0.29) is 11.3 Å². The molecule has 0 saturated carbocycles. The number of aromatic nitrogens is 1. The average Bonchev–Trinajstić information content (AvgIpc) is 3.84. The Labute approximate surface area is 280 Å². The second kappa shape index (κ2) is 13.0. The highest BCUT2D eigenvalue weighted by Crippen LogP contribution is 2.45. The predicted octanol–water partition coefficient (Wildman–Crippen LogP) is 10.3. The molecule has 3 aromatic carbocycles. The van der Waals surface area contributed by atoms with Crippen molar-refractivity contribution in [1.29, 1.82) is 0 Å². The van der Waals surface area contributed by atoms with Gasteiger partial charge in [0.05, 0.1) is 29.8 Å². The molecule has 7 rings (SSSR count). The minimum atomic E-state index is -0.102. The van der Waals surface area contributed by atoms with Gasteiger partial charge in [0.25, 0.3) is 5.91 Å². The third-order valence-electron chi connectivity index (χ3n) is 9.18. The Kier molecular flexibility index (Phi) is 8.52. The van der Waals surface area contributed by atoms with Gasteiger partial charge >= 0.3 is 0 Å². The van der Waals surface area contributed by atoms with Crippen LogP contribution in [0, 0.1) is 11.3 Å². The maximum absolute atomic E-state index is 13.9. The summed E-state index contributed by atoms with van der Waals surface area (Å²) < 4.78 is 7.81. The van der Waals surface area contributed by atoms with E-state index in [2.05, 4.69) is 110 Å². The van der Waals surface area contributed by atoms with Crippen LogP contribution in [0.5, 0.6) is 0 Å². The number of nitrogens with one attached hydrogen (secondary N) is 1. The van der Waals surface area contributed by atoms with Gasteiger partial charge in [0.15, 0.2) is 0 Å². The van der Waals surface area contributed by atoms with Gasteiger partial charge in [-0.1, -0.05) is 99.6 Å². The second-order valence-electron chi connectivity index (χ2n) is 13.2. The Morgan fingerprint density at radius 2 is 1.62 bits per heavy atom. The van der Waals surface area contributed by atoms with Crippen molar-refractivity contribution >= 4 is 28.5 Å². The molecule has 6 heteroatoms. The zero-order valence-corrected chi connectivity index (χ0v) is 27.9. The van der Waals surface area contributed by atoms with Gasteiger partial charge in [-0.25, -0.2) is 4.99 Å². The number of furan rings is 1. The van der Waals surface area contributed by atoms with Gasteiger partial charge in [-0.3, -0.25) is 4.79 Å². The van der Waals surface area contributed by atoms with E-state index in [4.69, 9.17) is 9.41 Å². The highest BCUT2D eigenvalue weighted by atomic mass is 32.1. The quantitative estimate of drug-likeness (QED) is 0.169. The molecule has 3 aromatic heterocycles. The van der Waals surface area contributed by atoms with Crippen molar-refractivity contribution in [2.24, 2.45) is 16.3 Å². The zero-order chi connectivity index (χ0) is 32.4. The Balaban J connectivity index is 1.36. The SMILES string of the molecule is CC(C)(C)[C@@H]1CCc2c(sc(N=Cc3cc(-c4ccccc4)n(-c4ccccc4)c3-c3ccccc3)c2C(=O)NCc2ccco2)C1. The van der Waals surface area contributed by atoms with Crippen LogP contribution >= 0.6 is 11.3 Å². The van der Waals surface area contributed by atoms with Crippen LogP contribution in [0.3, 0.4) is 0 Å². The third kappa shape index (κ3) is 6.38. The molecular weight excluding hydrogens is 599 g/mol. The maximum Gasteiger partial charge on any atom is 0.255 e. The van der Waals surface area contributed by atoms with E-state index in [1.165, 1.54) is 4.88 Å². The molecule has 6 aromatic rings. The Morgan fingerprint density at radius 1 is 0.936 bits per heavy atom. The first-order valence-electron chi connectivity index (χ1n) is 16.3. The first-order valence-corrected chi connectivity index (χ1v) is 17.1. The highest BCUT2D eigenvalue weighted by Gasteiger charge is 2.34. The van der Waals surface area contributed by atoms with Gasteiger partial charge in [-0.15, -0.1) is 11.3 Å². The van der Waals surface area contributed by atoms with Gasteiger partial charge in [-0.2, -0.15) is 0 Å². The number of amides is 1. The monoisotopic (exact) mass is 637 g/mol. The Morgan fingerprint density at radius 3 is 2.28 bits per heavy atom. The van der Waals surface area contributed by atoms with E-state index in [1.54, 1.807) is 17.6 Å². The lowest BCUT2D eigenvalue weighted by molar-refractivity contribution is 0.0947. The van der Waals surface area contributed by atoms with Crippen LogP contribution in [0.2, 0.25) is 0 Å². The van der Waals surface area contributed by atoms with Crippen molar-refractivity contribution in [3.05, 3.63) is 143 Å². The van der Waals surface area contributed by atoms with Gasteiger partial charge in [0.2, 0.25) is 0 Å². The lowest BCUT2D eigenvalue weighted by atomic mass is 9.72. The van der Waals surface area contributed by atoms with Crippen molar-refractivity contribution in [1.82, 2.24) is 9.88 Å². The third-order valence-corrected chi connectivity index (χ3v) is 10.3. The van der Waals surface area contributed by atoms with E-state index in [9.17, 15) is 4.79 Å². The molecule has 47 heavy (non-hydrogen) atoms. The topological polar surface area (TPSA) is 59.5 Å². The number of hydrogen-bond acceptors (Lipinski definition) is 4. The van der Waals surface area contributed by atoms with Crippen LogP contribution in [0.15, 0.2) is 125 Å². The molecule has 1 aliphatic carbocycles. The molecule has 3 heterocycles. The molecule has 1 atom stereocenters. The number of para-hydroxylation sites is 1. The molecule has 1 amide bonds. The molecule has 0 saturated heterocycles. The molecule has 0 fully saturated rings. The van der Waals surface area contributed by atoms with Crippen LogP contribution < -0.4 is 5.32 Å². The number of rotatable bonds is 8. The standard InChI is InChI=1S/C41H39N3O2S/c1-41(2,3)31-21-22-34-36(25-31)47-40(37(34)39(45)42-27-33-20-13-23-46-33)43-26-30-24-35(28-14-7-4-8-15-28)44(32-18-11-6-12-19-32)38(30)29-16-9-5-10-17-29/h4-20,23-24,26,31H,21-22,25,27H2,1-3H3,(H,42,45)/t31-/m1/s1. The molecule has 0 bridgehead atoms. The lowest BCUT2D eigenvalue weighted by Crippen LogP contribution is -2.28. The summed E-state index contributed by atoms with van der Waals surface area (Å²) in [6.07, 6.45) is 6.50. The number of fused-ring (bicyclic) bond motifs is 1. The summed E-state index contributed by atoms with van der Waals surface area (Å²) in [4.78, 5) is 20.3. The van der Waals surface area contributed by atoms with E-state index in [1.807, 2.05) is 36.5 Å². The minimum Gasteiger partial charge on any atom is -0.467 e. The molecule has 5 nitrogen and oxygen atoms in total. The van der Waals surface area contributed by atoms with Crippen molar-refractivity contribution in [2.75, 3.05) is 0 Å². The first-order chi connectivity index (χ1) is 22.9. The van der Waals surface area contributed by atoms with E-state index < -0.39 is 0 Å². The molecule has 236 valence electrons. The predicted molar refractivity (Wildman–Crippen MR) is 193 cm³/mol. The van der Waals surface area contributed by atoms with Crippen molar-refractivity contribution in [3.63, 3.8) is 0 Å². The molecule has 0 unspecified atom stereocenters. The second-order valence-corrected chi connectivity index (χ2v) is 14.3. The summed E-state index contributed by atoms with van der Waals surface area (Å²) in [5, 5.41) is 3.87. The van der Waals surface area contributed by atoms with Crippen molar-refractivity contribution < 1.29 is 9.21 Å². The molecule has 0 aliphatic heterocycles. The molecular formula is C41H39N3O2S. The van der Waals surface area contributed by atoms with Crippen molar-refractivity contribution in [3.8, 4) is 28.2 Å². The summed E-state index contributed by atoms with van der Waals surface area (Å²) in [6.45, 7) is 7.29. The summed E-state index contributed by atoms with van der Waals surface area (Å²) in [5.74, 6) is 1.18. The average molecular weight is 638 g/mol. The number of carbonyl (C=O) groups is 1. The van der Waals surface area contributed by atoms with Gasteiger partial charge in [-0.05, 0) is 77.6 Å². The Bertz CT molecular complexity index is 2000. The van der Waals surface area contributed by atoms with Crippen LogP contribution in [-0.2, 0) is 19.4 Å². The number of hydrogen-bond donors (Lipinski definition) is 1. The fourth-order valence-electron chi connectivity index (χ4n) is 6.62. The summed E-state index contributed by atoms with van der Waals surface area (Å²) in [6, 6.07) is 37.3. The van der Waals surface area contributed by atoms with Crippen molar-refractivity contribution in [2.45, 2.75) is 46.6 Å². The van der Waals surface area contributed by atoms with Crippen LogP contribution in [0.4, 0.5) is 5.00 Å². The fraction of sp³-hybridized carbons (Fsp3) is 0.220. The number of carbonyl (C=O) groups excluding carboxylic acids is 1. The highest BCUT2D eigenvalue weighted by molar-refractivity contribution is 7.16. The number of thiophene rings is 1. The molecule has 1 aliphatic rings. The maximum atomic E-state index is 13.9. The van der Waals surface area contributed by atoms with Gasteiger partial charge in [0, 0.05) is 22.3 Å². The van der Waals surface area contributed by atoms with E-state index in [0.717, 1.165) is 69.4 Å². The van der Waals surface area contributed by atoms with Gasteiger partial charge in [0.1, 0.15) is 10.8 Å². The Hall–Kier alpha value is -4.94. The summed E-state index contributed by atoms with van der Waals surface area (Å²) in [5.41, 5.74) is 8.44. The largest absolute Gasteiger partial charge is 0.467 e. The smallest absolute Gasteiger partial charge is 0.255 e. The number of benzene rings is 3. The molecule has 1 N–H and O–H groups in total.